The highest BCUT2D eigenvalue weighted by Crippen LogP contribution is 2.16. The maximum Gasteiger partial charge on any atom is 0.243 e. The van der Waals surface area contributed by atoms with Gasteiger partial charge in [0, 0.05) is 32.2 Å². The van der Waals surface area contributed by atoms with Crippen LogP contribution in [0, 0.1) is 12.5 Å². The van der Waals surface area contributed by atoms with Crippen molar-refractivity contribution >= 4 is 10.0 Å². The highest BCUT2D eigenvalue weighted by atomic mass is 32.2. The lowest BCUT2D eigenvalue weighted by molar-refractivity contribution is 0.256. The van der Waals surface area contributed by atoms with Crippen molar-refractivity contribution < 1.29 is 8.42 Å². The molecule has 2 rings (SSSR count). The fraction of sp³-hybridized carbons (Fsp3) is 0.333. The van der Waals surface area contributed by atoms with Crippen molar-refractivity contribution in [1.29, 1.82) is 0 Å². The van der Waals surface area contributed by atoms with Gasteiger partial charge in [-0.05, 0) is 12.1 Å². The number of benzene rings is 1. The summed E-state index contributed by atoms with van der Waals surface area (Å²) in [7, 11) is -3.36. The Bertz CT molecular complexity index is 511. The Hall–Kier alpha value is -1.51. The quantitative estimate of drug-likeness (QED) is 0.721. The maximum absolute atomic E-state index is 12.2. The summed E-state index contributed by atoms with van der Waals surface area (Å²) in [6.45, 7) is 2.06. The second-order valence-corrected chi connectivity index (χ2v) is 5.77. The molecule has 1 aromatic rings. The number of hydrogen-bond acceptors (Lipinski definition) is 3. The van der Waals surface area contributed by atoms with Crippen molar-refractivity contribution in [1.82, 2.24) is 9.21 Å². The lowest BCUT2D eigenvalue weighted by atomic mass is 10.4. The van der Waals surface area contributed by atoms with E-state index in [2.05, 4.69) is 6.04 Å². The first-order chi connectivity index (χ1) is 8.14. The first kappa shape index (κ1) is 12.0. The molecule has 0 radical (unpaired) electrons. The molecule has 0 aromatic heterocycles. The summed E-state index contributed by atoms with van der Waals surface area (Å²) >= 11 is 0. The van der Waals surface area contributed by atoms with Crippen LogP contribution in [0.2, 0.25) is 0 Å². The predicted octanol–water partition coefficient (Wildman–Crippen LogP) is 0.584. The van der Waals surface area contributed by atoms with Crippen LogP contribution in [0.4, 0.5) is 0 Å². The van der Waals surface area contributed by atoms with Crippen molar-refractivity contribution in [2.45, 2.75) is 4.90 Å². The number of hydrogen-bond donors (Lipinski definition) is 0. The van der Waals surface area contributed by atoms with Crippen molar-refractivity contribution in [3.63, 3.8) is 0 Å². The van der Waals surface area contributed by atoms with Crippen LogP contribution in [-0.4, -0.2) is 43.8 Å². The summed E-state index contributed by atoms with van der Waals surface area (Å²) in [5, 5.41) is 0. The van der Waals surface area contributed by atoms with E-state index in [1.165, 1.54) is 4.31 Å². The highest BCUT2D eigenvalue weighted by Gasteiger charge is 2.27. The molecule has 5 heteroatoms. The zero-order valence-corrected chi connectivity index (χ0v) is 10.2. The molecular formula is C12H14N2O2S. The monoisotopic (exact) mass is 250 g/mol. The Balaban J connectivity index is 2.16. The number of sulfonamides is 1. The zero-order chi connectivity index (χ0) is 12.3. The largest absolute Gasteiger partial charge is 0.330 e. The third-order valence-electron chi connectivity index (χ3n) is 2.80. The van der Waals surface area contributed by atoms with Gasteiger partial charge in [0.2, 0.25) is 10.0 Å². The molecule has 17 heavy (non-hydrogen) atoms. The molecule has 0 N–H and O–H groups in total. The van der Waals surface area contributed by atoms with Crippen LogP contribution in [0.15, 0.2) is 35.2 Å². The second-order valence-electron chi connectivity index (χ2n) is 3.83. The minimum Gasteiger partial charge on any atom is -0.330 e. The van der Waals surface area contributed by atoms with E-state index in [0.717, 1.165) is 0 Å². The van der Waals surface area contributed by atoms with Gasteiger partial charge in [0.1, 0.15) is 0 Å². The molecule has 1 aliphatic rings. The molecule has 1 saturated heterocycles. The van der Waals surface area contributed by atoms with Crippen molar-refractivity contribution in [3.05, 3.63) is 30.3 Å². The summed E-state index contributed by atoms with van der Waals surface area (Å²) in [4.78, 5) is 2.13. The van der Waals surface area contributed by atoms with Gasteiger partial charge >= 0.3 is 0 Å². The van der Waals surface area contributed by atoms with E-state index in [4.69, 9.17) is 6.42 Å². The molecule has 0 bridgehead atoms. The summed E-state index contributed by atoms with van der Waals surface area (Å²) in [6, 6.07) is 11.0. The molecule has 1 aromatic carbocycles. The molecule has 0 saturated carbocycles. The zero-order valence-electron chi connectivity index (χ0n) is 9.41. The van der Waals surface area contributed by atoms with Gasteiger partial charge in [-0.25, -0.2) is 8.42 Å². The van der Waals surface area contributed by atoms with E-state index in [0.29, 0.717) is 31.1 Å². The molecule has 1 aliphatic heterocycles. The average molecular weight is 250 g/mol. The summed E-state index contributed by atoms with van der Waals surface area (Å²) in [6.07, 6.45) is 5.28. The van der Waals surface area contributed by atoms with Crippen LogP contribution >= 0.6 is 0 Å². The molecular weight excluding hydrogens is 236 g/mol. The summed E-state index contributed by atoms with van der Waals surface area (Å²) < 4.78 is 26.0. The number of piperazine rings is 1. The van der Waals surface area contributed by atoms with Crippen LogP contribution in [0.3, 0.4) is 0 Å². The van der Waals surface area contributed by atoms with E-state index in [9.17, 15) is 8.42 Å². The summed E-state index contributed by atoms with van der Waals surface area (Å²) in [5.74, 6) is 0. The minimum atomic E-state index is -3.36. The van der Waals surface area contributed by atoms with Crippen LogP contribution in [0.25, 0.3) is 0 Å². The lowest BCUT2D eigenvalue weighted by Gasteiger charge is -2.31. The Kier molecular flexibility index (Phi) is 3.36. The molecule has 0 atom stereocenters. The Morgan fingerprint density at radius 1 is 1.06 bits per heavy atom. The van der Waals surface area contributed by atoms with Crippen molar-refractivity contribution in [2.24, 2.45) is 0 Å². The standard InChI is InChI=1S/C12H14N2O2S/c1-2-13-8-10-14(11-9-13)17(15,16)12-6-4-3-5-7-12/h1,3-7H,8-11H2. The molecule has 0 amide bonds. The van der Waals surface area contributed by atoms with Crippen LogP contribution < -0.4 is 0 Å². The number of terminal acetylenes is 1. The van der Waals surface area contributed by atoms with Gasteiger partial charge in [-0.2, -0.15) is 4.31 Å². The molecule has 1 fully saturated rings. The van der Waals surface area contributed by atoms with Gasteiger partial charge in [0.25, 0.3) is 0 Å². The van der Waals surface area contributed by atoms with Gasteiger partial charge in [-0.15, -0.1) is 0 Å². The van der Waals surface area contributed by atoms with E-state index < -0.39 is 10.0 Å². The minimum absolute atomic E-state index is 0.342. The SMILES string of the molecule is C#CN1CCN(S(=O)(=O)c2ccccc2)CC1. The fourth-order valence-corrected chi connectivity index (χ4v) is 3.24. The van der Waals surface area contributed by atoms with Gasteiger partial charge in [-0.3, -0.25) is 0 Å². The van der Waals surface area contributed by atoms with Gasteiger partial charge in [0.15, 0.2) is 0 Å². The lowest BCUT2D eigenvalue weighted by Crippen LogP contribution is -2.46. The van der Waals surface area contributed by atoms with E-state index >= 15 is 0 Å². The molecule has 0 unspecified atom stereocenters. The molecule has 90 valence electrons. The fourth-order valence-electron chi connectivity index (χ4n) is 1.80. The van der Waals surface area contributed by atoms with Crippen molar-refractivity contribution in [3.8, 4) is 12.5 Å². The highest BCUT2D eigenvalue weighted by molar-refractivity contribution is 7.89. The van der Waals surface area contributed by atoms with Crippen LogP contribution in [0.1, 0.15) is 0 Å². The van der Waals surface area contributed by atoms with Crippen molar-refractivity contribution in [2.75, 3.05) is 26.2 Å². The third-order valence-corrected chi connectivity index (χ3v) is 4.72. The second kappa shape index (κ2) is 4.78. The Morgan fingerprint density at radius 2 is 1.65 bits per heavy atom. The Labute approximate surface area is 102 Å². The van der Waals surface area contributed by atoms with Gasteiger partial charge in [-0.1, -0.05) is 24.6 Å². The number of nitrogens with zero attached hydrogens (tertiary/aromatic N) is 2. The van der Waals surface area contributed by atoms with Crippen LogP contribution in [-0.2, 0) is 10.0 Å². The average Bonchev–Trinajstić information content (AvgIpc) is 2.40. The van der Waals surface area contributed by atoms with E-state index in [1.54, 1.807) is 35.2 Å². The first-order valence-corrected chi connectivity index (χ1v) is 6.85. The van der Waals surface area contributed by atoms with E-state index in [1.807, 2.05) is 0 Å². The molecule has 0 aliphatic carbocycles. The smallest absolute Gasteiger partial charge is 0.243 e. The normalized spacial score (nSPS) is 17.7. The number of rotatable bonds is 2. The molecule has 4 nitrogen and oxygen atoms in total. The topological polar surface area (TPSA) is 40.6 Å². The molecule has 0 spiro atoms. The first-order valence-electron chi connectivity index (χ1n) is 5.41. The summed E-state index contributed by atoms with van der Waals surface area (Å²) in [5.41, 5.74) is 0. The van der Waals surface area contributed by atoms with E-state index in [-0.39, 0.29) is 0 Å². The third kappa shape index (κ3) is 2.43. The Morgan fingerprint density at radius 3 is 2.18 bits per heavy atom. The van der Waals surface area contributed by atoms with Gasteiger partial charge in [0.05, 0.1) is 4.90 Å². The van der Waals surface area contributed by atoms with Crippen LogP contribution in [0.5, 0.6) is 0 Å². The van der Waals surface area contributed by atoms with Gasteiger partial charge < -0.3 is 4.90 Å². The molecule has 1 heterocycles. The maximum atomic E-state index is 12.2. The predicted molar refractivity (Wildman–Crippen MR) is 65.6 cm³/mol.